The second-order valence-electron chi connectivity index (χ2n) is 34.2. The van der Waals surface area contributed by atoms with Gasteiger partial charge in [0.15, 0.2) is 12.2 Å². The average Bonchev–Trinajstić information content (AvgIpc) is 0.898. The fourth-order valence-corrected chi connectivity index (χ4v) is 16.3. The number of unbranched alkanes of at least 4 members (excludes halogenated alkanes) is 61. The standard InChI is InChI=1S/C94H184O17P2/c1-7-11-13-15-17-19-21-23-25-27-29-30-31-33-37-41-45-49-53-57-64-70-76-91(96)104-82-89(110-93(98)78-72-66-59-55-51-47-43-39-35-34-36-40-44-48-52-56-62-68-74-86(5)9-3)84-108-112(100,101)106-80-88(95)81-107-113(102,103)109-85-90(83-105-92(97)77-71-65-61-60-63-69-75-87(6)10-4)111-94(99)79-73-67-58-54-50-46-42-38-32-28-26-24-22-20-18-16-14-12-8-2/h86-90,95H,7-85H2,1-6H3,(H,100,101)(H,102,103)/t86?,87?,88-,89-,90-/m1/s1. The van der Waals surface area contributed by atoms with Gasteiger partial charge in [0.25, 0.3) is 0 Å². The molecule has 0 saturated heterocycles. The summed E-state index contributed by atoms with van der Waals surface area (Å²) in [4.78, 5) is 73.5. The molecule has 0 saturated carbocycles. The van der Waals surface area contributed by atoms with Crippen LogP contribution in [-0.4, -0.2) is 96.7 Å². The molecule has 0 heterocycles. The van der Waals surface area contributed by atoms with Crippen LogP contribution >= 0.6 is 15.6 Å². The number of carbonyl (C=O) groups is 4. The summed E-state index contributed by atoms with van der Waals surface area (Å²) in [6.45, 7) is 9.74. The topological polar surface area (TPSA) is 237 Å². The Morgan fingerprint density at radius 1 is 0.248 bits per heavy atom. The zero-order valence-electron chi connectivity index (χ0n) is 74.7. The Balaban J connectivity index is 5.21. The highest BCUT2D eigenvalue weighted by Crippen LogP contribution is 2.45. The van der Waals surface area contributed by atoms with Crippen LogP contribution in [0.15, 0.2) is 0 Å². The Morgan fingerprint density at radius 2 is 0.425 bits per heavy atom. The van der Waals surface area contributed by atoms with E-state index < -0.39 is 97.5 Å². The molecule has 0 radical (unpaired) electrons. The zero-order chi connectivity index (χ0) is 82.7. The molecule has 0 bridgehead atoms. The van der Waals surface area contributed by atoms with Crippen LogP contribution in [0.25, 0.3) is 0 Å². The maximum Gasteiger partial charge on any atom is 0.472 e. The summed E-state index contributed by atoms with van der Waals surface area (Å²) in [5.41, 5.74) is 0. The van der Waals surface area contributed by atoms with Crippen molar-refractivity contribution in [2.45, 2.75) is 529 Å². The lowest BCUT2D eigenvalue weighted by atomic mass is 9.99. The molecule has 3 N–H and O–H groups in total. The van der Waals surface area contributed by atoms with Crippen molar-refractivity contribution in [3.05, 3.63) is 0 Å². The van der Waals surface area contributed by atoms with Crippen molar-refractivity contribution >= 4 is 39.5 Å². The van der Waals surface area contributed by atoms with Crippen LogP contribution in [0.1, 0.15) is 510 Å². The van der Waals surface area contributed by atoms with Crippen molar-refractivity contribution in [3.63, 3.8) is 0 Å². The van der Waals surface area contributed by atoms with Gasteiger partial charge in [-0.2, -0.15) is 0 Å². The van der Waals surface area contributed by atoms with E-state index in [9.17, 15) is 43.2 Å². The van der Waals surface area contributed by atoms with E-state index in [1.807, 2.05) is 0 Å². The molecule has 0 aliphatic rings. The fraction of sp³-hybridized carbons (Fsp3) is 0.957. The lowest BCUT2D eigenvalue weighted by Gasteiger charge is -2.21. The van der Waals surface area contributed by atoms with Gasteiger partial charge in [0, 0.05) is 25.7 Å². The summed E-state index contributed by atoms with van der Waals surface area (Å²) < 4.78 is 69.1. The quantitative estimate of drug-likeness (QED) is 0.0222. The van der Waals surface area contributed by atoms with Crippen LogP contribution in [0.5, 0.6) is 0 Å². The molecule has 19 heteroatoms. The predicted octanol–water partition coefficient (Wildman–Crippen LogP) is 29.4. The molecular weight excluding hydrogens is 1460 g/mol. The number of carbonyl (C=O) groups excluding carboxylic acids is 4. The number of esters is 4. The molecule has 7 atom stereocenters. The van der Waals surface area contributed by atoms with Crippen LogP contribution in [-0.2, 0) is 65.4 Å². The first kappa shape index (κ1) is 111. The lowest BCUT2D eigenvalue weighted by Crippen LogP contribution is -2.30. The highest BCUT2D eigenvalue weighted by atomic mass is 31.2. The Morgan fingerprint density at radius 3 is 0.628 bits per heavy atom. The Labute approximate surface area is 696 Å². The fourth-order valence-electron chi connectivity index (χ4n) is 14.8. The van der Waals surface area contributed by atoms with Crippen molar-refractivity contribution < 1.29 is 80.2 Å². The predicted molar refractivity (Wildman–Crippen MR) is 469 cm³/mol. The maximum atomic E-state index is 13.2. The molecule has 113 heavy (non-hydrogen) atoms. The Bertz CT molecular complexity index is 2150. The van der Waals surface area contributed by atoms with Gasteiger partial charge in [-0.05, 0) is 37.5 Å². The number of aliphatic hydroxyl groups excluding tert-OH is 1. The Hall–Kier alpha value is -1.94. The summed E-state index contributed by atoms with van der Waals surface area (Å²) in [7, 11) is -9.94. The second-order valence-corrected chi connectivity index (χ2v) is 37.1. The van der Waals surface area contributed by atoms with Gasteiger partial charge in [0.1, 0.15) is 19.3 Å². The molecule has 0 aliphatic heterocycles. The number of phosphoric acid groups is 2. The number of aliphatic hydroxyl groups is 1. The first-order valence-electron chi connectivity index (χ1n) is 48.6. The molecule has 0 fully saturated rings. The van der Waals surface area contributed by atoms with E-state index in [1.54, 1.807) is 0 Å². The molecular formula is C94H184O17P2. The molecule has 4 unspecified atom stereocenters. The molecule has 0 rings (SSSR count). The van der Waals surface area contributed by atoms with Crippen LogP contribution in [0, 0.1) is 11.8 Å². The first-order chi connectivity index (χ1) is 54.9. The third-order valence-corrected chi connectivity index (χ3v) is 24.8. The van der Waals surface area contributed by atoms with Gasteiger partial charge in [-0.1, -0.05) is 459 Å². The summed E-state index contributed by atoms with van der Waals surface area (Å²) in [5.74, 6) is -0.494. The largest absolute Gasteiger partial charge is 0.472 e. The van der Waals surface area contributed by atoms with E-state index in [1.165, 1.54) is 321 Å². The maximum absolute atomic E-state index is 13.2. The number of rotatable bonds is 93. The highest BCUT2D eigenvalue weighted by molar-refractivity contribution is 7.47. The van der Waals surface area contributed by atoms with Gasteiger partial charge in [-0.15, -0.1) is 0 Å². The van der Waals surface area contributed by atoms with E-state index in [-0.39, 0.29) is 25.7 Å². The van der Waals surface area contributed by atoms with Crippen molar-refractivity contribution in [3.8, 4) is 0 Å². The summed E-state index contributed by atoms with van der Waals surface area (Å²) in [6, 6.07) is 0. The monoisotopic (exact) mass is 1650 g/mol. The number of ether oxygens (including phenoxy) is 4. The summed E-state index contributed by atoms with van der Waals surface area (Å²) in [6.07, 6.45) is 80.8. The van der Waals surface area contributed by atoms with Gasteiger partial charge in [0.2, 0.25) is 0 Å². The van der Waals surface area contributed by atoms with Crippen molar-refractivity contribution in [1.29, 1.82) is 0 Å². The van der Waals surface area contributed by atoms with Gasteiger partial charge in [-0.3, -0.25) is 37.3 Å². The number of phosphoric ester groups is 2. The minimum Gasteiger partial charge on any atom is -0.462 e. The van der Waals surface area contributed by atoms with Gasteiger partial charge < -0.3 is 33.8 Å². The van der Waals surface area contributed by atoms with E-state index >= 15 is 0 Å². The Kier molecular flexibility index (Phi) is 83.6. The molecule has 0 aliphatic carbocycles. The summed E-state index contributed by atoms with van der Waals surface area (Å²) in [5, 5.41) is 10.7. The minimum atomic E-state index is -4.97. The highest BCUT2D eigenvalue weighted by Gasteiger charge is 2.31. The normalized spacial score (nSPS) is 14.2. The third kappa shape index (κ3) is 84.9. The molecule has 672 valence electrons. The molecule has 0 aromatic heterocycles. The average molecular weight is 1650 g/mol. The number of hydrogen-bond acceptors (Lipinski definition) is 15. The summed E-state index contributed by atoms with van der Waals surface area (Å²) >= 11 is 0. The molecule has 0 amide bonds. The van der Waals surface area contributed by atoms with Gasteiger partial charge in [0.05, 0.1) is 26.4 Å². The molecule has 0 spiro atoms. The SMILES string of the molecule is CCCCCCCCCCCCCCCCCCCCCCCCC(=O)OC[C@H](COP(=O)(O)OC[C@@H](O)COP(=O)(O)OC[C@@H](COC(=O)CCCCCCCCC(C)CC)OC(=O)CCCCCCCCCCCCCCCCCCCCC)OC(=O)CCCCCCCCCCCCCCCCCCCCC(C)CC. The zero-order valence-corrected chi connectivity index (χ0v) is 76.5. The van der Waals surface area contributed by atoms with E-state index in [2.05, 4.69) is 41.5 Å². The lowest BCUT2D eigenvalue weighted by molar-refractivity contribution is -0.161. The van der Waals surface area contributed by atoms with Crippen molar-refractivity contribution in [2.75, 3.05) is 39.6 Å². The molecule has 0 aromatic carbocycles. The van der Waals surface area contributed by atoms with Crippen molar-refractivity contribution in [1.82, 2.24) is 0 Å². The van der Waals surface area contributed by atoms with Crippen LogP contribution in [0.4, 0.5) is 0 Å². The molecule has 0 aromatic rings. The smallest absolute Gasteiger partial charge is 0.462 e. The van der Waals surface area contributed by atoms with E-state index in [0.29, 0.717) is 25.7 Å². The van der Waals surface area contributed by atoms with Crippen LogP contribution < -0.4 is 0 Å². The molecule has 17 nitrogen and oxygen atoms in total. The van der Waals surface area contributed by atoms with Crippen molar-refractivity contribution in [2.24, 2.45) is 11.8 Å². The van der Waals surface area contributed by atoms with E-state index in [4.69, 9.17) is 37.0 Å². The van der Waals surface area contributed by atoms with E-state index in [0.717, 1.165) is 108 Å². The van der Waals surface area contributed by atoms with Crippen LogP contribution in [0.2, 0.25) is 0 Å². The minimum absolute atomic E-state index is 0.108. The third-order valence-electron chi connectivity index (χ3n) is 22.9. The van der Waals surface area contributed by atoms with Crippen LogP contribution in [0.3, 0.4) is 0 Å². The second kappa shape index (κ2) is 85.1. The van der Waals surface area contributed by atoms with Gasteiger partial charge in [-0.25, -0.2) is 9.13 Å². The first-order valence-corrected chi connectivity index (χ1v) is 51.6. The number of hydrogen-bond donors (Lipinski definition) is 3. The van der Waals surface area contributed by atoms with Gasteiger partial charge >= 0.3 is 39.5 Å².